The largest absolute Gasteiger partial charge is 0.444 e. The van der Waals surface area contributed by atoms with Crippen LogP contribution in [0.2, 0.25) is 0 Å². The molecule has 0 saturated heterocycles. The second-order valence-corrected chi connectivity index (χ2v) is 5.88. The molecule has 0 heterocycles. The van der Waals surface area contributed by atoms with Gasteiger partial charge in [0.15, 0.2) is 0 Å². The zero-order chi connectivity index (χ0) is 15.7. The lowest BCUT2D eigenvalue weighted by atomic mass is 10.2. The number of alkyl carbamates (subject to hydrolysis) is 1. The molecule has 1 amide bonds. The Hall–Kier alpha value is -1.59. The lowest BCUT2D eigenvalue weighted by Crippen LogP contribution is -2.42. The maximum atomic E-state index is 11.6. The van der Waals surface area contributed by atoms with Crippen LogP contribution in [-0.4, -0.2) is 24.3 Å². The van der Waals surface area contributed by atoms with Gasteiger partial charge in [-0.1, -0.05) is 37.3 Å². The average Bonchev–Trinajstić information content (AvgIpc) is 2.42. The molecule has 0 aliphatic heterocycles. The Bertz CT molecular complexity index is 415. The number of ether oxygens (including phenoxy) is 1. The molecule has 1 rings (SSSR count). The number of carbonyl (C=O) groups is 1. The minimum absolute atomic E-state index is 0.0428. The third kappa shape index (κ3) is 8.32. The summed E-state index contributed by atoms with van der Waals surface area (Å²) in [5, 5.41) is 2.74. The predicted octanol–water partition coefficient (Wildman–Crippen LogP) is 3.01. The van der Waals surface area contributed by atoms with Crippen LogP contribution < -0.4 is 10.8 Å². The molecule has 0 radical (unpaired) electrons. The van der Waals surface area contributed by atoms with E-state index >= 15 is 0 Å². The van der Waals surface area contributed by atoms with E-state index in [1.807, 2.05) is 58.0 Å². The van der Waals surface area contributed by atoms with Crippen LogP contribution in [0.3, 0.4) is 0 Å². The highest BCUT2D eigenvalue weighted by molar-refractivity contribution is 5.67. The molecule has 21 heavy (non-hydrogen) atoms. The van der Waals surface area contributed by atoms with Gasteiger partial charge in [-0.2, -0.15) is 5.48 Å². The molecule has 0 fully saturated rings. The molecule has 2 N–H and O–H groups in total. The van der Waals surface area contributed by atoms with Gasteiger partial charge in [-0.15, -0.1) is 0 Å². The monoisotopic (exact) mass is 294 g/mol. The summed E-state index contributed by atoms with van der Waals surface area (Å²) in [4.78, 5) is 17.0. The van der Waals surface area contributed by atoms with Crippen molar-refractivity contribution in [2.75, 3.05) is 6.54 Å². The molecule has 5 nitrogen and oxygen atoms in total. The maximum absolute atomic E-state index is 11.6. The average molecular weight is 294 g/mol. The van der Waals surface area contributed by atoms with E-state index in [0.717, 1.165) is 12.0 Å². The highest BCUT2D eigenvalue weighted by Crippen LogP contribution is 2.06. The van der Waals surface area contributed by atoms with E-state index in [4.69, 9.17) is 9.57 Å². The standard InChI is InChI=1S/C16H26N2O3/c1-5-14(11-17-15(19)21-16(2,3)4)18-20-12-13-9-7-6-8-10-13/h6-10,14,18H,5,11-12H2,1-4H3,(H,17,19)/t14-/m1/s1. The lowest BCUT2D eigenvalue weighted by molar-refractivity contribution is 0.00144. The van der Waals surface area contributed by atoms with Gasteiger partial charge in [-0.25, -0.2) is 4.79 Å². The zero-order valence-corrected chi connectivity index (χ0v) is 13.3. The number of rotatable bonds is 7. The van der Waals surface area contributed by atoms with Gasteiger partial charge in [0.2, 0.25) is 0 Å². The number of amides is 1. The van der Waals surface area contributed by atoms with Crippen LogP contribution in [0.25, 0.3) is 0 Å². The third-order valence-electron chi connectivity index (χ3n) is 2.72. The Morgan fingerprint density at radius 1 is 1.24 bits per heavy atom. The molecule has 5 heteroatoms. The number of hydrogen-bond acceptors (Lipinski definition) is 4. The van der Waals surface area contributed by atoms with Crippen molar-refractivity contribution < 1.29 is 14.4 Å². The van der Waals surface area contributed by atoms with Gasteiger partial charge >= 0.3 is 6.09 Å². The second kappa shape index (κ2) is 8.64. The molecule has 1 aromatic carbocycles. The molecule has 0 bridgehead atoms. The second-order valence-electron chi connectivity index (χ2n) is 5.88. The fourth-order valence-electron chi connectivity index (χ4n) is 1.61. The molecular weight excluding hydrogens is 268 g/mol. The molecule has 1 aromatic rings. The third-order valence-corrected chi connectivity index (χ3v) is 2.72. The topological polar surface area (TPSA) is 59.6 Å². The summed E-state index contributed by atoms with van der Waals surface area (Å²) in [6.07, 6.45) is 0.427. The lowest BCUT2D eigenvalue weighted by Gasteiger charge is -2.22. The molecule has 0 spiro atoms. The van der Waals surface area contributed by atoms with Crippen LogP contribution in [-0.2, 0) is 16.2 Å². The van der Waals surface area contributed by atoms with Crippen molar-refractivity contribution in [3.8, 4) is 0 Å². The highest BCUT2D eigenvalue weighted by atomic mass is 16.6. The quantitative estimate of drug-likeness (QED) is 0.759. The van der Waals surface area contributed by atoms with Crippen LogP contribution >= 0.6 is 0 Å². The molecule has 0 aliphatic carbocycles. The number of benzene rings is 1. The van der Waals surface area contributed by atoms with Gasteiger partial charge in [-0.05, 0) is 32.8 Å². The first-order valence-corrected chi connectivity index (χ1v) is 7.29. The molecule has 1 atom stereocenters. The number of carbonyl (C=O) groups excluding carboxylic acids is 1. The van der Waals surface area contributed by atoms with E-state index in [-0.39, 0.29) is 6.04 Å². The number of hydroxylamine groups is 1. The molecule has 118 valence electrons. The fraction of sp³-hybridized carbons (Fsp3) is 0.562. The minimum atomic E-state index is -0.483. The number of nitrogens with one attached hydrogen (secondary N) is 2. The van der Waals surface area contributed by atoms with Crippen LogP contribution in [0.15, 0.2) is 30.3 Å². The van der Waals surface area contributed by atoms with Gasteiger partial charge < -0.3 is 10.1 Å². The first-order chi connectivity index (χ1) is 9.90. The van der Waals surface area contributed by atoms with Crippen LogP contribution in [0.4, 0.5) is 4.79 Å². The maximum Gasteiger partial charge on any atom is 0.407 e. The summed E-state index contributed by atoms with van der Waals surface area (Å²) in [5.41, 5.74) is 3.58. The molecular formula is C16H26N2O3. The molecule has 0 unspecified atom stereocenters. The van der Waals surface area contributed by atoms with Crippen molar-refractivity contribution in [3.05, 3.63) is 35.9 Å². The van der Waals surface area contributed by atoms with E-state index in [9.17, 15) is 4.79 Å². The number of hydrogen-bond donors (Lipinski definition) is 2. The van der Waals surface area contributed by atoms with Crippen molar-refractivity contribution in [2.45, 2.75) is 52.4 Å². The van der Waals surface area contributed by atoms with Crippen molar-refractivity contribution >= 4 is 6.09 Å². The summed E-state index contributed by atoms with van der Waals surface area (Å²) < 4.78 is 5.19. The van der Waals surface area contributed by atoms with E-state index in [0.29, 0.717) is 13.2 Å². The summed E-state index contributed by atoms with van der Waals surface area (Å²) in [6.45, 7) is 8.49. The van der Waals surface area contributed by atoms with Crippen molar-refractivity contribution in [3.63, 3.8) is 0 Å². The van der Waals surface area contributed by atoms with Gasteiger partial charge in [0.1, 0.15) is 5.60 Å². The summed E-state index contributed by atoms with van der Waals surface area (Å²) in [6, 6.07) is 9.96. The summed E-state index contributed by atoms with van der Waals surface area (Å²) in [5.74, 6) is 0. The summed E-state index contributed by atoms with van der Waals surface area (Å²) >= 11 is 0. The SMILES string of the molecule is CC[C@H](CNC(=O)OC(C)(C)C)NOCc1ccccc1. The van der Waals surface area contributed by atoms with Gasteiger partial charge in [0.25, 0.3) is 0 Å². The van der Waals surface area contributed by atoms with E-state index in [1.54, 1.807) is 0 Å². The Labute approximate surface area is 127 Å². The Balaban J connectivity index is 2.24. The van der Waals surface area contributed by atoms with Crippen molar-refractivity contribution in [1.82, 2.24) is 10.8 Å². The van der Waals surface area contributed by atoms with Gasteiger partial charge in [0, 0.05) is 12.6 Å². The zero-order valence-electron chi connectivity index (χ0n) is 13.3. The van der Waals surface area contributed by atoms with E-state index in [1.165, 1.54) is 0 Å². The van der Waals surface area contributed by atoms with Crippen molar-refractivity contribution in [2.24, 2.45) is 0 Å². The minimum Gasteiger partial charge on any atom is -0.444 e. The molecule has 0 aliphatic rings. The fourth-order valence-corrected chi connectivity index (χ4v) is 1.61. The predicted molar refractivity (Wildman–Crippen MR) is 82.7 cm³/mol. The smallest absolute Gasteiger partial charge is 0.407 e. The van der Waals surface area contributed by atoms with Crippen LogP contribution in [0.5, 0.6) is 0 Å². The van der Waals surface area contributed by atoms with E-state index in [2.05, 4.69) is 10.8 Å². The van der Waals surface area contributed by atoms with E-state index < -0.39 is 11.7 Å². The molecule has 0 aromatic heterocycles. The first-order valence-electron chi connectivity index (χ1n) is 7.29. The van der Waals surface area contributed by atoms with Crippen LogP contribution in [0, 0.1) is 0 Å². The Kier molecular flexibility index (Phi) is 7.19. The molecule has 0 saturated carbocycles. The van der Waals surface area contributed by atoms with Crippen LogP contribution in [0.1, 0.15) is 39.7 Å². The van der Waals surface area contributed by atoms with Gasteiger partial charge in [0.05, 0.1) is 6.61 Å². The van der Waals surface area contributed by atoms with Crippen molar-refractivity contribution in [1.29, 1.82) is 0 Å². The van der Waals surface area contributed by atoms with Gasteiger partial charge in [-0.3, -0.25) is 4.84 Å². The summed E-state index contributed by atoms with van der Waals surface area (Å²) in [7, 11) is 0. The normalized spacial score (nSPS) is 12.8. The highest BCUT2D eigenvalue weighted by Gasteiger charge is 2.17. The first kappa shape index (κ1) is 17.5. The Morgan fingerprint density at radius 3 is 2.48 bits per heavy atom. The Morgan fingerprint density at radius 2 is 1.90 bits per heavy atom.